The van der Waals surface area contributed by atoms with E-state index in [-0.39, 0.29) is 17.9 Å². The van der Waals surface area contributed by atoms with Crippen molar-refractivity contribution in [1.82, 2.24) is 10.3 Å². The number of hydrogen-bond donors (Lipinski definition) is 3. The lowest BCUT2D eigenvalue weighted by Gasteiger charge is -2.37. The number of amides is 1. The zero-order valence-electron chi connectivity index (χ0n) is 19.5. The molecule has 0 spiro atoms. The van der Waals surface area contributed by atoms with Gasteiger partial charge in [0.15, 0.2) is 0 Å². The molecular formula is C26H37N3O3S. The normalized spacial score (nSPS) is 25.7. The van der Waals surface area contributed by atoms with Crippen LogP contribution in [0.1, 0.15) is 105 Å². The summed E-state index contributed by atoms with van der Waals surface area (Å²) < 4.78 is 0. The minimum atomic E-state index is -0.644. The maximum absolute atomic E-state index is 13.3. The van der Waals surface area contributed by atoms with Gasteiger partial charge in [-0.25, -0.2) is 4.98 Å². The standard InChI is InChI=1S/C26H37N3O3S/c30-24(27-19-10-2-1-3-11-19)20-15-21(33)23(28-22(20)17-7-4-5-8-17)29-14-6-9-18(16-29)26(12-13-26)25(31)32/h15,17-19,33H,1-14,16H2,(H,27,30)(H,31,32). The highest BCUT2D eigenvalue weighted by molar-refractivity contribution is 7.80. The first kappa shape index (κ1) is 23.0. The summed E-state index contributed by atoms with van der Waals surface area (Å²) in [7, 11) is 0. The molecule has 4 aliphatic rings. The van der Waals surface area contributed by atoms with Crippen LogP contribution in [0.4, 0.5) is 5.82 Å². The van der Waals surface area contributed by atoms with E-state index < -0.39 is 11.4 Å². The third-order valence-electron chi connectivity index (χ3n) is 8.66. The molecule has 1 saturated heterocycles. The van der Waals surface area contributed by atoms with Crippen LogP contribution < -0.4 is 10.2 Å². The predicted octanol–water partition coefficient (Wildman–Crippen LogP) is 5.17. The molecule has 5 rings (SSSR count). The first-order valence-corrected chi connectivity index (χ1v) is 13.5. The van der Waals surface area contributed by atoms with Gasteiger partial charge in [0.25, 0.3) is 5.91 Å². The number of piperidine rings is 1. The largest absolute Gasteiger partial charge is 0.481 e. The predicted molar refractivity (Wildman–Crippen MR) is 131 cm³/mol. The number of anilines is 1. The molecule has 0 bridgehead atoms. The molecule has 1 atom stereocenters. The Hall–Kier alpha value is -1.76. The van der Waals surface area contributed by atoms with E-state index in [1.165, 1.54) is 32.1 Å². The molecule has 180 valence electrons. The van der Waals surface area contributed by atoms with E-state index in [1.807, 2.05) is 6.07 Å². The first-order valence-electron chi connectivity index (χ1n) is 13.0. The van der Waals surface area contributed by atoms with Gasteiger partial charge in [0.1, 0.15) is 5.82 Å². The van der Waals surface area contributed by atoms with Gasteiger partial charge in [-0.05, 0) is 63.4 Å². The van der Waals surface area contributed by atoms with Gasteiger partial charge in [0.05, 0.1) is 16.7 Å². The van der Waals surface area contributed by atoms with Crippen molar-refractivity contribution in [3.8, 4) is 0 Å². The molecule has 4 fully saturated rings. The summed E-state index contributed by atoms with van der Waals surface area (Å²) in [5, 5.41) is 13.1. The van der Waals surface area contributed by atoms with Gasteiger partial charge >= 0.3 is 5.97 Å². The molecule has 3 aliphatic carbocycles. The highest BCUT2D eigenvalue weighted by atomic mass is 32.1. The molecule has 6 nitrogen and oxygen atoms in total. The topological polar surface area (TPSA) is 82.5 Å². The maximum Gasteiger partial charge on any atom is 0.309 e. The van der Waals surface area contributed by atoms with Crippen LogP contribution >= 0.6 is 12.6 Å². The molecule has 1 aromatic rings. The van der Waals surface area contributed by atoms with Crippen molar-refractivity contribution in [2.75, 3.05) is 18.0 Å². The lowest BCUT2D eigenvalue weighted by molar-refractivity contribution is -0.145. The third-order valence-corrected chi connectivity index (χ3v) is 8.99. The van der Waals surface area contributed by atoms with Crippen molar-refractivity contribution in [1.29, 1.82) is 0 Å². The summed E-state index contributed by atoms with van der Waals surface area (Å²) in [6.45, 7) is 1.58. The smallest absolute Gasteiger partial charge is 0.309 e. The second-order valence-electron chi connectivity index (χ2n) is 10.8. The van der Waals surface area contributed by atoms with Gasteiger partial charge < -0.3 is 15.3 Å². The van der Waals surface area contributed by atoms with Crippen molar-refractivity contribution in [2.45, 2.75) is 100 Å². The van der Waals surface area contributed by atoms with Gasteiger partial charge in [-0.15, -0.1) is 12.6 Å². The van der Waals surface area contributed by atoms with Crippen LogP contribution in [0.5, 0.6) is 0 Å². The number of nitrogens with zero attached hydrogens (tertiary/aromatic N) is 2. The van der Waals surface area contributed by atoms with Crippen LogP contribution in [0.15, 0.2) is 11.0 Å². The number of pyridine rings is 1. The molecule has 1 unspecified atom stereocenters. The fourth-order valence-electron chi connectivity index (χ4n) is 6.49. The Balaban J connectivity index is 1.42. The molecule has 1 aromatic heterocycles. The summed E-state index contributed by atoms with van der Waals surface area (Å²) in [5.74, 6) is 0.661. The summed E-state index contributed by atoms with van der Waals surface area (Å²) in [6.07, 6.45) is 13.8. The van der Waals surface area contributed by atoms with Crippen LogP contribution in [-0.4, -0.2) is 41.1 Å². The Morgan fingerprint density at radius 2 is 1.73 bits per heavy atom. The van der Waals surface area contributed by atoms with Crippen molar-refractivity contribution < 1.29 is 14.7 Å². The maximum atomic E-state index is 13.3. The highest BCUT2D eigenvalue weighted by Gasteiger charge is 2.56. The number of carboxylic acid groups (broad SMARTS) is 1. The number of aromatic nitrogens is 1. The Bertz CT molecular complexity index is 904. The van der Waals surface area contributed by atoms with E-state index in [0.717, 1.165) is 74.3 Å². The molecule has 0 aromatic carbocycles. The van der Waals surface area contributed by atoms with E-state index in [4.69, 9.17) is 17.6 Å². The fraction of sp³-hybridized carbons (Fsp3) is 0.731. The Morgan fingerprint density at radius 1 is 1.03 bits per heavy atom. The summed E-state index contributed by atoms with van der Waals surface area (Å²) in [5.41, 5.74) is 1.08. The minimum Gasteiger partial charge on any atom is -0.481 e. The number of nitrogens with one attached hydrogen (secondary N) is 1. The average Bonchev–Trinajstić information content (AvgIpc) is 3.47. The SMILES string of the molecule is O=C(NC1CCCCC1)c1cc(S)c(N2CCCC(C3(C(=O)O)CC3)C2)nc1C1CCCC1. The highest BCUT2D eigenvalue weighted by Crippen LogP contribution is 2.55. The van der Waals surface area contributed by atoms with E-state index in [0.29, 0.717) is 18.0 Å². The second kappa shape index (κ2) is 9.47. The number of rotatable bonds is 6. The van der Waals surface area contributed by atoms with Crippen LogP contribution in [0.25, 0.3) is 0 Å². The average molecular weight is 472 g/mol. The molecule has 2 heterocycles. The molecule has 0 radical (unpaired) electrons. The van der Waals surface area contributed by atoms with Crippen molar-refractivity contribution in [3.63, 3.8) is 0 Å². The molecule has 1 amide bonds. The van der Waals surface area contributed by atoms with E-state index in [9.17, 15) is 14.7 Å². The first-order chi connectivity index (χ1) is 16.0. The van der Waals surface area contributed by atoms with Gasteiger partial charge in [-0.1, -0.05) is 32.1 Å². The Labute approximate surface area is 202 Å². The van der Waals surface area contributed by atoms with Crippen molar-refractivity contribution in [2.24, 2.45) is 11.3 Å². The van der Waals surface area contributed by atoms with E-state index in [1.54, 1.807) is 0 Å². The molecule has 33 heavy (non-hydrogen) atoms. The quantitative estimate of drug-likeness (QED) is 0.499. The fourth-order valence-corrected chi connectivity index (χ4v) is 6.81. The van der Waals surface area contributed by atoms with Gasteiger partial charge in [0, 0.05) is 29.9 Å². The second-order valence-corrected chi connectivity index (χ2v) is 11.3. The summed E-state index contributed by atoms with van der Waals surface area (Å²) >= 11 is 4.79. The van der Waals surface area contributed by atoms with E-state index >= 15 is 0 Å². The van der Waals surface area contributed by atoms with Gasteiger partial charge in [-0.2, -0.15) is 0 Å². The van der Waals surface area contributed by atoms with Gasteiger partial charge in [0.2, 0.25) is 0 Å². The number of carbonyl (C=O) groups excluding carboxylic acids is 1. The van der Waals surface area contributed by atoms with Crippen LogP contribution in [0.3, 0.4) is 0 Å². The number of carbonyl (C=O) groups is 2. The minimum absolute atomic E-state index is 0.00233. The lowest BCUT2D eigenvalue weighted by Crippen LogP contribution is -2.42. The van der Waals surface area contributed by atoms with Gasteiger partial charge in [-0.3, -0.25) is 9.59 Å². The molecule has 1 aliphatic heterocycles. The molecule has 3 saturated carbocycles. The number of carboxylic acids is 1. The molecule has 7 heteroatoms. The monoisotopic (exact) mass is 471 g/mol. The number of aliphatic carboxylic acids is 1. The van der Waals surface area contributed by atoms with Crippen LogP contribution in [-0.2, 0) is 4.79 Å². The van der Waals surface area contributed by atoms with Crippen LogP contribution in [0.2, 0.25) is 0 Å². The molecule has 2 N–H and O–H groups in total. The summed E-state index contributed by atoms with van der Waals surface area (Å²) in [4.78, 5) is 33.3. The van der Waals surface area contributed by atoms with Crippen molar-refractivity contribution in [3.05, 3.63) is 17.3 Å². The lowest BCUT2D eigenvalue weighted by atomic mass is 9.82. The zero-order valence-corrected chi connectivity index (χ0v) is 20.4. The number of hydrogen-bond acceptors (Lipinski definition) is 5. The Morgan fingerprint density at radius 3 is 2.39 bits per heavy atom. The van der Waals surface area contributed by atoms with Crippen LogP contribution in [0, 0.1) is 11.3 Å². The third kappa shape index (κ3) is 4.62. The van der Waals surface area contributed by atoms with Crippen molar-refractivity contribution >= 4 is 30.3 Å². The number of thiol groups is 1. The Kier molecular flexibility index (Phi) is 6.60. The van der Waals surface area contributed by atoms with E-state index in [2.05, 4.69) is 10.2 Å². The zero-order chi connectivity index (χ0) is 23.0. The summed E-state index contributed by atoms with van der Waals surface area (Å²) in [6, 6.07) is 2.20. The molecular weight excluding hydrogens is 434 g/mol.